The Labute approximate surface area is 229 Å². The van der Waals surface area contributed by atoms with Gasteiger partial charge in [-0.2, -0.15) is 0 Å². The minimum absolute atomic E-state index is 0. The molecule has 0 unspecified atom stereocenters. The average molecular weight is 643 g/mol. The summed E-state index contributed by atoms with van der Waals surface area (Å²) < 4.78 is 21.3. The Hall–Kier alpha value is 3.23. The maximum atomic E-state index is 5.33. The van der Waals surface area contributed by atoms with Gasteiger partial charge in [-0.1, -0.05) is 77.0 Å². The Balaban J connectivity index is -0.000000120. The van der Waals surface area contributed by atoms with Crippen LogP contribution in [0.1, 0.15) is 79.1 Å². The van der Waals surface area contributed by atoms with Crippen LogP contribution in [0.2, 0.25) is 0 Å². The van der Waals surface area contributed by atoms with Gasteiger partial charge in [-0.3, -0.25) is 0 Å². The van der Waals surface area contributed by atoms with Crippen LogP contribution in [0.15, 0.2) is 0 Å². The fourth-order valence-corrected chi connectivity index (χ4v) is 4.71. The monoisotopic (exact) mass is 644 g/mol. The minimum atomic E-state index is -2.34. The molecule has 0 amide bonds. The maximum Gasteiger partial charge on any atom is 6.00 e. The van der Waals surface area contributed by atoms with E-state index in [1.807, 2.05) is 0 Å². The van der Waals surface area contributed by atoms with Crippen molar-refractivity contribution < 1.29 is 39.2 Å². The van der Waals surface area contributed by atoms with Gasteiger partial charge in [0.1, 0.15) is 0 Å². The van der Waals surface area contributed by atoms with Crippen LogP contribution in [0.5, 0.6) is 0 Å². The zero-order valence-corrected chi connectivity index (χ0v) is 26.6. The smallest absolute Gasteiger partial charge is 2.00 e. The van der Waals surface area contributed by atoms with Crippen molar-refractivity contribution in [2.24, 2.45) is 0 Å². The number of unbranched alkanes of at least 4 members (excludes halogenated alkanes) is 4. The fraction of sp³-hybridized carbons (Fsp3) is 1.00. The molecule has 0 saturated heterocycles. The Kier molecular flexibility index (Phi) is 42.8. The van der Waals surface area contributed by atoms with E-state index < -0.39 is 11.4 Å². The predicted octanol–water partition coefficient (Wildman–Crippen LogP) is 6.78. The summed E-state index contributed by atoms with van der Waals surface area (Å²) in [6.07, 6.45) is 8.41. The third kappa shape index (κ3) is 36.0. The molecule has 0 bridgehead atoms. The van der Waals surface area contributed by atoms with E-state index >= 15 is 0 Å². The van der Waals surface area contributed by atoms with E-state index in [9.17, 15) is 0 Å². The van der Waals surface area contributed by atoms with Crippen molar-refractivity contribution in [1.82, 2.24) is 0 Å². The van der Waals surface area contributed by atoms with Gasteiger partial charge in [0.15, 0.2) is 0 Å². The van der Waals surface area contributed by atoms with E-state index in [-0.39, 0.29) is 48.1 Å². The molecule has 0 aliphatic heterocycles. The normalized spacial score (nSPS) is 10.7. The van der Waals surface area contributed by atoms with E-state index in [0.29, 0.717) is 26.4 Å². The van der Waals surface area contributed by atoms with Crippen LogP contribution in [0.25, 0.3) is 0 Å². The van der Waals surface area contributed by atoms with Gasteiger partial charge in [-0.15, -0.1) is 0 Å². The first-order valence-corrected chi connectivity index (χ1v) is 16.7. The average Bonchev–Trinajstić information content (AvgIpc) is 2.56. The summed E-state index contributed by atoms with van der Waals surface area (Å²) in [5.74, 6) is 0. The van der Waals surface area contributed by atoms with Crippen molar-refractivity contribution in [2.45, 2.75) is 79.1 Å². The third-order valence-electron chi connectivity index (χ3n) is 2.99. The van der Waals surface area contributed by atoms with E-state index in [1.54, 1.807) is 0 Å². The summed E-state index contributed by atoms with van der Waals surface area (Å²) >= 11 is 20.2. The molecule has 0 heterocycles. The van der Waals surface area contributed by atoms with E-state index in [2.05, 4.69) is 27.7 Å². The van der Waals surface area contributed by atoms with Gasteiger partial charge in [0.2, 0.25) is 0 Å². The largest absolute Gasteiger partial charge is 6.00 e. The molecule has 0 spiro atoms. The first-order chi connectivity index (χ1) is 12.2. The van der Waals surface area contributed by atoms with Gasteiger partial charge in [0.05, 0.1) is 37.8 Å². The molecule has 0 aliphatic carbocycles. The number of rotatable bonds is 16. The standard InChI is InChI=1S/2C8H19O2PS2.Mo.2S/c2*1-3-5-7-9-11(12,13)10-8-6-4-2;;;/h2*3-8H2,1-2H3,(H,12,13);;;/q;;+6;2*-2/p-2. The van der Waals surface area contributed by atoms with Crippen LogP contribution in [0.4, 0.5) is 0 Å². The molecule has 0 aromatic heterocycles. The molecule has 13 heteroatoms. The molecule has 0 fully saturated rings. The van der Waals surface area contributed by atoms with Gasteiger partial charge in [0, 0.05) is 0 Å². The SMILES string of the molecule is CCCCOP(=S)([S-])OCCCC.CCCCOP(=S)([S-])OCCCC.[Mo+6].[S-2].[S-2]. The molecule has 29 heavy (non-hydrogen) atoms. The van der Waals surface area contributed by atoms with Crippen molar-refractivity contribution in [3.05, 3.63) is 0 Å². The summed E-state index contributed by atoms with van der Waals surface area (Å²) in [6, 6.07) is 0. The summed E-state index contributed by atoms with van der Waals surface area (Å²) in [4.78, 5) is 0. The molecule has 0 rings (SSSR count). The topological polar surface area (TPSA) is 36.9 Å². The second-order valence-corrected chi connectivity index (χ2v) is 15.6. The summed E-state index contributed by atoms with van der Waals surface area (Å²) in [7, 11) is 0. The van der Waals surface area contributed by atoms with Crippen molar-refractivity contribution >= 4 is 86.5 Å². The third-order valence-corrected chi connectivity index (χ3v) is 7.51. The molecule has 0 atom stereocenters. The second kappa shape index (κ2) is 29.3. The van der Waals surface area contributed by atoms with Crippen molar-refractivity contribution in [3.8, 4) is 0 Å². The zero-order valence-electron chi connectivity index (χ0n) is 17.9. The van der Waals surface area contributed by atoms with Gasteiger partial charge in [-0.05, 0) is 25.7 Å². The van der Waals surface area contributed by atoms with Crippen molar-refractivity contribution in [2.75, 3.05) is 26.4 Å². The molecule has 0 radical (unpaired) electrons. The van der Waals surface area contributed by atoms with Crippen LogP contribution in [0.3, 0.4) is 0 Å². The fourth-order valence-electron chi connectivity index (χ4n) is 1.36. The maximum absolute atomic E-state index is 5.33. The Morgan fingerprint density at radius 2 is 0.724 bits per heavy atom. The molecule has 0 aliphatic rings. The van der Waals surface area contributed by atoms with Crippen LogP contribution >= 0.6 is 11.4 Å². The second-order valence-electron chi connectivity index (χ2n) is 5.64. The Morgan fingerprint density at radius 3 is 0.862 bits per heavy atom. The van der Waals surface area contributed by atoms with E-state index in [4.69, 9.17) is 66.2 Å². The van der Waals surface area contributed by atoms with E-state index in [1.165, 1.54) is 0 Å². The van der Waals surface area contributed by atoms with Gasteiger partial charge in [-0.25, -0.2) is 0 Å². The Bertz CT molecular complexity index is 348. The summed E-state index contributed by atoms with van der Waals surface area (Å²) in [5, 5.41) is 0. The molecule has 0 saturated carbocycles. The summed E-state index contributed by atoms with van der Waals surface area (Å²) in [6.45, 7) is 11.0. The van der Waals surface area contributed by atoms with Gasteiger partial charge in [0.25, 0.3) is 0 Å². The van der Waals surface area contributed by atoms with Crippen molar-refractivity contribution in [3.63, 3.8) is 0 Å². The van der Waals surface area contributed by atoms with E-state index in [0.717, 1.165) is 51.4 Å². The van der Waals surface area contributed by atoms with Crippen LogP contribution in [0, 0.1) is 0 Å². The Morgan fingerprint density at radius 1 is 0.552 bits per heavy atom. The molecule has 0 aromatic rings. The first-order valence-electron chi connectivity index (χ1n) is 9.44. The molecular formula is C16H36MoO4P2S6. The molecule has 4 nitrogen and oxygen atoms in total. The van der Waals surface area contributed by atoms with Gasteiger partial charge >= 0.3 is 21.1 Å². The first kappa shape index (κ1) is 42.4. The minimum Gasteiger partial charge on any atom is -2.00 e. The summed E-state index contributed by atoms with van der Waals surface area (Å²) in [5.41, 5.74) is -4.67. The van der Waals surface area contributed by atoms with Crippen molar-refractivity contribution in [1.29, 1.82) is 0 Å². The van der Waals surface area contributed by atoms with Crippen LogP contribution in [-0.4, -0.2) is 26.4 Å². The van der Waals surface area contributed by atoms with Gasteiger partial charge < -0.3 is 69.6 Å². The molecule has 0 aromatic carbocycles. The molecular weight excluding hydrogens is 606 g/mol. The molecule has 176 valence electrons. The van der Waals surface area contributed by atoms with Crippen LogP contribution < -0.4 is 0 Å². The zero-order chi connectivity index (χ0) is 20.3. The quantitative estimate of drug-likeness (QED) is 0.0791. The number of hydrogen-bond donors (Lipinski definition) is 0. The van der Waals surface area contributed by atoms with Crippen LogP contribution in [-0.2, 0) is 114 Å². The number of hydrogen-bond acceptors (Lipinski definition) is 8. The predicted molar refractivity (Wildman–Crippen MR) is 141 cm³/mol. The molecule has 0 N–H and O–H groups in total.